The first-order chi connectivity index (χ1) is 11.2. The van der Waals surface area contributed by atoms with Crippen LogP contribution in [0.4, 0.5) is 10.1 Å². The van der Waals surface area contributed by atoms with Crippen molar-refractivity contribution in [2.75, 3.05) is 5.32 Å². The van der Waals surface area contributed by atoms with Gasteiger partial charge in [-0.05, 0) is 53.2 Å². The second-order valence-corrected chi connectivity index (χ2v) is 4.97. The number of nitrogens with one attached hydrogen (secondary N) is 1. The molecule has 0 unspecified atom stereocenters. The van der Waals surface area contributed by atoms with E-state index in [1.54, 1.807) is 25.1 Å². The molecule has 0 aliphatic rings. The van der Waals surface area contributed by atoms with E-state index < -0.39 is 5.82 Å². The van der Waals surface area contributed by atoms with E-state index >= 15 is 0 Å². The van der Waals surface area contributed by atoms with E-state index in [9.17, 15) is 4.39 Å². The summed E-state index contributed by atoms with van der Waals surface area (Å²) in [5.41, 5.74) is 2.59. The Balaban J connectivity index is 1.81. The first kappa shape index (κ1) is 14.7. The van der Waals surface area contributed by atoms with E-state index in [1.165, 1.54) is 10.7 Å². The average molecular weight is 308 g/mol. The van der Waals surface area contributed by atoms with Gasteiger partial charge in [-0.2, -0.15) is 9.94 Å². The van der Waals surface area contributed by atoms with E-state index in [4.69, 9.17) is 5.26 Å². The van der Waals surface area contributed by atoms with Crippen LogP contribution in [0, 0.1) is 24.1 Å². The molecule has 0 saturated carbocycles. The van der Waals surface area contributed by atoms with Crippen molar-refractivity contribution in [3.63, 3.8) is 0 Å². The van der Waals surface area contributed by atoms with Gasteiger partial charge in [-0.3, -0.25) is 0 Å². The minimum Gasteiger partial charge on any atom is -0.381 e. The second kappa shape index (κ2) is 6.23. The maximum atomic E-state index is 14.0. The van der Waals surface area contributed by atoms with Crippen molar-refractivity contribution in [1.82, 2.24) is 20.2 Å². The van der Waals surface area contributed by atoms with Crippen LogP contribution in [-0.4, -0.2) is 20.2 Å². The number of nitriles is 1. The van der Waals surface area contributed by atoms with E-state index in [2.05, 4.69) is 26.9 Å². The van der Waals surface area contributed by atoms with Gasteiger partial charge in [-0.1, -0.05) is 12.1 Å². The molecule has 1 aromatic heterocycles. The highest BCUT2D eigenvalue weighted by Crippen LogP contribution is 2.19. The molecular formula is C16H13FN6. The third-order valence-electron chi connectivity index (χ3n) is 3.35. The second-order valence-electron chi connectivity index (χ2n) is 4.97. The highest BCUT2D eigenvalue weighted by atomic mass is 19.1. The summed E-state index contributed by atoms with van der Waals surface area (Å²) in [6.45, 7) is 2.22. The normalized spacial score (nSPS) is 10.3. The van der Waals surface area contributed by atoms with Crippen LogP contribution in [0.15, 0.2) is 42.5 Å². The number of rotatable bonds is 4. The number of tetrazole rings is 1. The van der Waals surface area contributed by atoms with Crippen LogP contribution in [0.2, 0.25) is 0 Å². The van der Waals surface area contributed by atoms with Crippen LogP contribution in [0.3, 0.4) is 0 Å². The number of halogens is 1. The van der Waals surface area contributed by atoms with Crippen LogP contribution in [0.1, 0.15) is 17.0 Å². The molecule has 23 heavy (non-hydrogen) atoms. The monoisotopic (exact) mass is 308 g/mol. The largest absolute Gasteiger partial charge is 0.381 e. The molecular weight excluding hydrogens is 295 g/mol. The Bertz CT molecular complexity index is 880. The van der Waals surface area contributed by atoms with Gasteiger partial charge in [-0.25, -0.2) is 4.39 Å². The first-order valence-corrected chi connectivity index (χ1v) is 6.95. The van der Waals surface area contributed by atoms with E-state index in [-0.39, 0.29) is 5.69 Å². The molecule has 0 amide bonds. The summed E-state index contributed by atoms with van der Waals surface area (Å²) >= 11 is 0. The molecule has 6 nitrogen and oxygen atoms in total. The fourth-order valence-electron chi connectivity index (χ4n) is 2.19. The summed E-state index contributed by atoms with van der Waals surface area (Å²) in [6, 6.07) is 14.1. The molecule has 0 spiro atoms. The smallest absolute Gasteiger partial charge is 0.153 e. The predicted molar refractivity (Wildman–Crippen MR) is 82.3 cm³/mol. The number of hydrogen-bond acceptors (Lipinski definition) is 5. The van der Waals surface area contributed by atoms with Gasteiger partial charge >= 0.3 is 0 Å². The van der Waals surface area contributed by atoms with Crippen molar-refractivity contribution in [2.45, 2.75) is 13.5 Å². The Morgan fingerprint density at radius 1 is 1.26 bits per heavy atom. The molecule has 1 heterocycles. The standard InChI is InChI=1S/C16H13FN6/c1-11-20-21-22-23(11)16-8-14(5-6-15(16)17)19-10-13-4-2-3-12(7-13)9-18/h2-8,19H,10H2,1H3. The van der Waals surface area contributed by atoms with Crippen LogP contribution in [0.5, 0.6) is 0 Å². The minimum absolute atomic E-state index is 0.281. The summed E-state index contributed by atoms with van der Waals surface area (Å²) in [5.74, 6) is 0.0974. The van der Waals surface area contributed by atoms with Crippen molar-refractivity contribution in [3.05, 3.63) is 65.2 Å². The SMILES string of the molecule is Cc1nnnn1-c1cc(NCc2cccc(C#N)c2)ccc1F. The Morgan fingerprint density at radius 2 is 2.13 bits per heavy atom. The van der Waals surface area contributed by atoms with E-state index in [1.807, 2.05) is 18.2 Å². The van der Waals surface area contributed by atoms with E-state index in [0.717, 1.165) is 11.3 Å². The summed E-state index contributed by atoms with van der Waals surface area (Å²) in [4.78, 5) is 0. The molecule has 0 radical (unpaired) electrons. The van der Waals surface area contributed by atoms with Gasteiger partial charge in [0.15, 0.2) is 5.82 Å². The summed E-state index contributed by atoms with van der Waals surface area (Å²) in [5, 5.41) is 23.2. The van der Waals surface area contributed by atoms with Crippen molar-refractivity contribution < 1.29 is 4.39 Å². The molecule has 0 aliphatic heterocycles. The lowest BCUT2D eigenvalue weighted by Crippen LogP contribution is -2.05. The fraction of sp³-hybridized carbons (Fsp3) is 0.125. The number of anilines is 1. The fourth-order valence-corrected chi connectivity index (χ4v) is 2.19. The van der Waals surface area contributed by atoms with Crippen molar-refractivity contribution >= 4 is 5.69 Å². The molecule has 2 aromatic carbocycles. The lowest BCUT2D eigenvalue weighted by Gasteiger charge is -2.10. The minimum atomic E-state index is -0.405. The van der Waals surface area contributed by atoms with Gasteiger partial charge in [-0.15, -0.1) is 5.10 Å². The maximum Gasteiger partial charge on any atom is 0.153 e. The van der Waals surface area contributed by atoms with Gasteiger partial charge in [0.05, 0.1) is 11.6 Å². The molecule has 0 fully saturated rings. The zero-order valence-electron chi connectivity index (χ0n) is 12.4. The van der Waals surface area contributed by atoms with Crippen LogP contribution < -0.4 is 5.32 Å². The number of benzene rings is 2. The number of aryl methyl sites for hydroxylation is 1. The van der Waals surface area contributed by atoms with Crippen molar-refractivity contribution in [1.29, 1.82) is 5.26 Å². The zero-order valence-corrected chi connectivity index (χ0v) is 12.4. The number of nitrogens with zero attached hydrogens (tertiary/aromatic N) is 5. The molecule has 3 aromatic rings. The maximum absolute atomic E-state index is 14.0. The Kier molecular flexibility index (Phi) is 3.97. The van der Waals surface area contributed by atoms with Crippen LogP contribution in [0.25, 0.3) is 5.69 Å². The third kappa shape index (κ3) is 3.16. The first-order valence-electron chi connectivity index (χ1n) is 6.95. The third-order valence-corrected chi connectivity index (χ3v) is 3.35. The Hall–Kier alpha value is -3.27. The summed E-state index contributed by atoms with van der Waals surface area (Å²) < 4.78 is 15.3. The molecule has 7 heteroatoms. The molecule has 0 saturated heterocycles. The van der Waals surface area contributed by atoms with Crippen molar-refractivity contribution in [3.8, 4) is 11.8 Å². The molecule has 114 valence electrons. The quantitative estimate of drug-likeness (QED) is 0.801. The summed E-state index contributed by atoms with van der Waals surface area (Å²) in [7, 11) is 0. The van der Waals surface area contributed by atoms with Crippen LogP contribution in [-0.2, 0) is 6.54 Å². The van der Waals surface area contributed by atoms with Crippen molar-refractivity contribution in [2.24, 2.45) is 0 Å². The zero-order chi connectivity index (χ0) is 16.2. The van der Waals surface area contributed by atoms with Gasteiger partial charge < -0.3 is 5.32 Å². The van der Waals surface area contributed by atoms with Crippen LogP contribution >= 0.6 is 0 Å². The predicted octanol–water partition coefficient (Wildman–Crippen LogP) is 2.59. The molecule has 0 bridgehead atoms. The van der Waals surface area contributed by atoms with Gasteiger partial charge in [0.2, 0.25) is 0 Å². The van der Waals surface area contributed by atoms with E-state index in [0.29, 0.717) is 17.9 Å². The Labute approximate surface area is 132 Å². The number of hydrogen-bond donors (Lipinski definition) is 1. The molecule has 1 N–H and O–H groups in total. The lowest BCUT2D eigenvalue weighted by molar-refractivity contribution is 0.605. The summed E-state index contributed by atoms with van der Waals surface area (Å²) in [6.07, 6.45) is 0. The highest BCUT2D eigenvalue weighted by molar-refractivity contribution is 5.52. The average Bonchev–Trinajstić information content (AvgIpc) is 3.00. The highest BCUT2D eigenvalue weighted by Gasteiger charge is 2.10. The lowest BCUT2D eigenvalue weighted by atomic mass is 10.1. The van der Waals surface area contributed by atoms with Gasteiger partial charge in [0.1, 0.15) is 11.5 Å². The number of aromatic nitrogens is 4. The topological polar surface area (TPSA) is 79.4 Å². The molecule has 0 atom stereocenters. The molecule has 3 rings (SSSR count). The molecule has 0 aliphatic carbocycles. The Morgan fingerprint density at radius 3 is 2.87 bits per heavy atom. The van der Waals surface area contributed by atoms with Gasteiger partial charge in [0.25, 0.3) is 0 Å². The van der Waals surface area contributed by atoms with Gasteiger partial charge in [0, 0.05) is 12.2 Å².